The molecule has 41 heavy (non-hydrogen) atoms. The normalized spacial score (nSPS) is 16.8. The number of rotatable bonds is 7. The standard InChI is InChI=1S/C32H30N4O4S/c1-5-6-16-40-22-12-10-21(11-13-22)27-25(28(37)26-20(4)35-15-7-8-19(3)30(35)34-26)29(38)31(39)36(27)32-33-23-14-9-18(2)17-24(23)41-32/h7-15,17,27,37H,5-6,16H2,1-4H3. The lowest BCUT2D eigenvalue weighted by molar-refractivity contribution is -0.132. The van der Waals surface area contributed by atoms with Crippen molar-refractivity contribution < 1.29 is 19.4 Å². The Morgan fingerprint density at radius 1 is 1.05 bits per heavy atom. The van der Waals surface area contributed by atoms with Gasteiger partial charge in [0.05, 0.1) is 34.1 Å². The first-order valence-corrected chi connectivity index (χ1v) is 14.5. The van der Waals surface area contributed by atoms with Crippen LogP contribution in [0, 0.1) is 20.8 Å². The lowest BCUT2D eigenvalue weighted by atomic mass is 9.96. The summed E-state index contributed by atoms with van der Waals surface area (Å²) in [6.45, 7) is 8.46. The zero-order valence-corrected chi connectivity index (χ0v) is 24.2. The molecule has 1 fully saturated rings. The Balaban J connectivity index is 1.52. The van der Waals surface area contributed by atoms with E-state index in [-0.39, 0.29) is 17.0 Å². The van der Waals surface area contributed by atoms with Crippen LogP contribution in [-0.2, 0) is 9.59 Å². The van der Waals surface area contributed by atoms with Gasteiger partial charge in [-0.1, -0.05) is 48.9 Å². The first-order chi connectivity index (χ1) is 19.8. The van der Waals surface area contributed by atoms with Crippen LogP contribution in [0.5, 0.6) is 5.75 Å². The van der Waals surface area contributed by atoms with E-state index in [9.17, 15) is 14.7 Å². The van der Waals surface area contributed by atoms with Crippen LogP contribution in [-0.4, -0.2) is 37.8 Å². The van der Waals surface area contributed by atoms with Crippen LogP contribution < -0.4 is 9.64 Å². The summed E-state index contributed by atoms with van der Waals surface area (Å²) in [7, 11) is 0. The molecule has 5 aromatic rings. The van der Waals surface area contributed by atoms with Crippen molar-refractivity contribution in [3.05, 3.63) is 94.4 Å². The average molecular weight is 567 g/mol. The molecule has 1 aliphatic heterocycles. The number of Topliss-reactive ketones (excluding diaryl/α,β-unsaturated/α-hetero) is 1. The van der Waals surface area contributed by atoms with E-state index in [1.165, 1.54) is 16.2 Å². The third-order valence-corrected chi connectivity index (χ3v) is 8.47. The number of aromatic nitrogens is 3. The summed E-state index contributed by atoms with van der Waals surface area (Å²) >= 11 is 1.34. The van der Waals surface area contributed by atoms with E-state index in [0.29, 0.717) is 34.4 Å². The van der Waals surface area contributed by atoms with Crippen molar-refractivity contribution in [1.29, 1.82) is 0 Å². The molecule has 0 saturated carbocycles. The number of unbranched alkanes of at least 4 members (excludes halogenated alkanes) is 1. The summed E-state index contributed by atoms with van der Waals surface area (Å²) in [5.74, 6) is -1.13. The second-order valence-electron chi connectivity index (χ2n) is 10.3. The largest absolute Gasteiger partial charge is 0.505 e. The van der Waals surface area contributed by atoms with Crippen LogP contribution in [0.2, 0.25) is 0 Å². The summed E-state index contributed by atoms with van der Waals surface area (Å²) in [6.07, 6.45) is 3.82. The van der Waals surface area contributed by atoms with Crippen LogP contribution in [0.1, 0.15) is 53.9 Å². The zero-order valence-electron chi connectivity index (χ0n) is 23.3. The van der Waals surface area contributed by atoms with E-state index in [0.717, 1.165) is 34.2 Å². The van der Waals surface area contributed by atoms with Gasteiger partial charge in [0.15, 0.2) is 10.9 Å². The topological polar surface area (TPSA) is 97.0 Å². The SMILES string of the molecule is CCCCOc1ccc(C2C(=C(O)c3nc4c(C)cccn4c3C)C(=O)C(=O)N2c2nc3ccc(C)cc3s2)cc1. The average Bonchev–Trinajstić information content (AvgIpc) is 3.61. The maximum Gasteiger partial charge on any atom is 0.301 e. The number of thiazole rings is 1. The molecule has 0 bridgehead atoms. The summed E-state index contributed by atoms with van der Waals surface area (Å²) in [5.41, 5.74) is 4.98. The summed E-state index contributed by atoms with van der Waals surface area (Å²) in [6, 6.07) is 16.1. The Hall–Kier alpha value is -4.50. The molecule has 0 aliphatic carbocycles. The second-order valence-corrected chi connectivity index (χ2v) is 11.3. The molecule has 1 amide bonds. The number of hydrogen-bond donors (Lipinski definition) is 1. The van der Waals surface area contributed by atoms with Crippen LogP contribution in [0.25, 0.3) is 21.6 Å². The highest BCUT2D eigenvalue weighted by molar-refractivity contribution is 7.22. The van der Waals surface area contributed by atoms with E-state index >= 15 is 0 Å². The first-order valence-electron chi connectivity index (χ1n) is 13.6. The molecular weight excluding hydrogens is 536 g/mol. The number of pyridine rings is 1. The van der Waals surface area contributed by atoms with E-state index < -0.39 is 17.7 Å². The minimum atomic E-state index is -0.897. The van der Waals surface area contributed by atoms with Crippen molar-refractivity contribution in [2.75, 3.05) is 11.5 Å². The molecule has 2 aromatic carbocycles. The maximum atomic E-state index is 13.7. The fourth-order valence-electron chi connectivity index (χ4n) is 5.22. The maximum absolute atomic E-state index is 13.7. The predicted molar refractivity (Wildman–Crippen MR) is 161 cm³/mol. The molecule has 6 rings (SSSR count). The monoisotopic (exact) mass is 566 g/mol. The number of carbonyl (C=O) groups is 2. The van der Waals surface area contributed by atoms with Crippen molar-refractivity contribution in [1.82, 2.24) is 14.4 Å². The number of benzene rings is 2. The Morgan fingerprint density at radius 3 is 2.56 bits per heavy atom. The summed E-state index contributed by atoms with van der Waals surface area (Å²) in [4.78, 5) is 38.2. The number of fused-ring (bicyclic) bond motifs is 2. The quantitative estimate of drug-likeness (QED) is 0.102. The number of aryl methyl sites for hydroxylation is 3. The van der Waals surface area contributed by atoms with Gasteiger partial charge in [0.2, 0.25) is 0 Å². The molecule has 1 saturated heterocycles. The zero-order chi connectivity index (χ0) is 28.8. The predicted octanol–water partition coefficient (Wildman–Crippen LogP) is 6.67. The van der Waals surface area contributed by atoms with Gasteiger partial charge in [-0.05, 0) is 74.2 Å². The number of ether oxygens (including phenoxy) is 1. The molecule has 1 aliphatic rings. The van der Waals surface area contributed by atoms with Gasteiger partial charge in [0, 0.05) is 6.20 Å². The van der Waals surface area contributed by atoms with Gasteiger partial charge in [-0.3, -0.25) is 14.5 Å². The van der Waals surface area contributed by atoms with E-state index in [1.807, 2.05) is 86.0 Å². The number of carbonyl (C=O) groups excluding carboxylic acids is 2. The molecule has 0 radical (unpaired) electrons. The number of imidazole rings is 1. The van der Waals surface area contributed by atoms with Crippen molar-refractivity contribution in [3.8, 4) is 5.75 Å². The highest BCUT2D eigenvalue weighted by atomic mass is 32.1. The van der Waals surface area contributed by atoms with Crippen LogP contribution in [0.4, 0.5) is 5.13 Å². The minimum Gasteiger partial charge on any atom is -0.505 e. The molecule has 1 unspecified atom stereocenters. The van der Waals surface area contributed by atoms with Gasteiger partial charge < -0.3 is 14.2 Å². The molecule has 1 atom stereocenters. The number of aliphatic hydroxyl groups excluding tert-OH is 1. The van der Waals surface area contributed by atoms with Gasteiger partial charge >= 0.3 is 5.91 Å². The lowest BCUT2D eigenvalue weighted by Gasteiger charge is -2.23. The van der Waals surface area contributed by atoms with Gasteiger partial charge in [0.25, 0.3) is 5.78 Å². The van der Waals surface area contributed by atoms with Gasteiger partial charge in [-0.25, -0.2) is 9.97 Å². The van der Waals surface area contributed by atoms with Crippen LogP contribution >= 0.6 is 11.3 Å². The fraction of sp³-hybridized carbons (Fsp3) is 0.250. The van der Waals surface area contributed by atoms with Gasteiger partial charge in [-0.15, -0.1) is 0 Å². The molecule has 208 valence electrons. The molecule has 1 N–H and O–H groups in total. The minimum absolute atomic E-state index is 0.0192. The Morgan fingerprint density at radius 2 is 1.83 bits per heavy atom. The second kappa shape index (κ2) is 10.5. The van der Waals surface area contributed by atoms with Crippen LogP contribution in [0.15, 0.2) is 66.4 Å². The van der Waals surface area contributed by atoms with Crippen molar-refractivity contribution in [3.63, 3.8) is 0 Å². The van der Waals surface area contributed by atoms with Crippen molar-refractivity contribution >= 4 is 49.8 Å². The third kappa shape index (κ3) is 4.56. The number of hydrogen-bond acceptors (Lipinski definition) is 7. The first kappa shape index (κ1) is 26.7. The van der Waals surface area contributed by atoms with E-state index in [2.05, 4.69) is 11.9 Å². The highest BCUT2D eigenvalue weighted by Crippen LogP contribution is 2.45. The Kier molecular flexibility index (Phi) is 6.83. The number of anilines is 1. The molecule has 8 nitrogen and oxygen atoms in total. The number of ketones is 1. The number of nitrogens with zero attached hydrogens (tertiary/aromatic N) is 4. The summed E-state index contributed by atoms with van der Waals surface area (Å²) in [5, 5.41) is 12.1. The van der Waals surface area contributed by atoms with E-state index in [4.69, 9.17) is 9.72 Å². The summed E-state index contributed by atoms with van der Waals surface area (Å²) < 4.78 is 8.62. The molecule has 4 heterocycles. The molecular formula is C32H30N4O4S. The lowest BCUT2D eigenvalue weighted by Crippen LogP contribution is -2.29. The number of aliphatic hydroxyl groups is 1. The fourth-order valence-corrected chi connectivity index (χ4v) is 6.31. The van der Waals surface area contributed by atoms with Crippen molar-refractivity contribution in [2.45, 2.75) is 46.6 Å². The Bertz CT molecular complexity index is 1850. The molecule has 0 spiro atoms. The third-order valence-electron chi connectivity index (χ3n) is 7.45. The van der Waals surface area contributed by atoms with Gasteiger partial charge in [-0.2, -0.15) is 0 Å². The van der Waals surface area contributed by atoms with Crippen LogP contribution in [0.3, 0.4) is 0 Å². The highest BCUT2D eigenvalue weighted by Gasteiger charge is 2.48. The van der Waals surface area contributed by atoms with E-state index in [1.54, 1.807) is 0 Å². The van der Waals surface area contributed by atoms with Gasteiger partial charge in [0.1, 0.15) is 17.1 Å². The number of amides is 1. The molecule has 3 aromatic heterocycles. The smallest absolute Gasteiger partial charge is 0.301 e. The van der Waals surface area contributed by atoms with Crippen molar-refractivity contribution in [2.24, 2.45) is 0 Å². The Labute approximate surface area is 241 Å². The molecule has 9 heteroatoms.